The molecule has 1 aliphatic heterocycles. The van der Waals surface area contributed by atoms with Crippen LogP contribution in [0, 0.1) is 13.8 Å². The van der Waals surface area contributed by atoms with Gasteiger partial charge in [-0.1, -0.05) is 19.4 Å². The molecular formula is C15H24N2. The Kier molecular flexibility index (Phi) is 4.06. The summed E-state index contributed by atoms with van der Waals surface area (Å²) < 4.78 is 0. The van der Waals surface area contributed by atoms with Crippen LogP contribution >= 0.6 is 0 Å². The predicted octanol–water partition coefficient (Wildman–Crippen LogP) is 2.88. The average molecular weight is 232 g/mol. The fourth-order valence-electron chi connectivity index (χ4n) is 2.74. The van der Waals surface area contributed by atoms with E-state index in [0.29, 0.717) is 6.04 Å². The predicted molar refractivity (Wildman–Crippen MR) is 74.8 cm³/mol. The first-order valence-electron chi connectivity index (χ1n) is 6.75. The van der Waals surface area contributed by atoms with Gasteiger partial charge in [-0.15, -0.1) is 0 Å². The second-order valence-electron chi connectivity index (χ2n) is 5.23. The summed E-state index contributed by atoms with van der Waals surface area (Å²) in [6.45, 7) is 10.0. The summed E-state index contributed by atoms with van der Waals surface area (Å²) in [5.41, 5.74) is 4.13. The fraction of sp³-hybridized carbons (Fsp3) is 0.600. The average Bonchev–Trinajstić information content (AvgIpc) is 2.28. The lowest BCUT2D eigenvalue weighted by Gasteiger charge is -2.35. The maximum atomic E-state index is 3.61. The van der Waals surface area contributed by atoms with Crippen LogP contribution in [0.5, 0.6) is 0 Å². The van der Waals surface area contributed by atoms with Gasteiger partial charge in [0.2, 0.25) is 0 Å². The largest absolute Gasteiger partial charge is 0.369 e. The number of hydrogen-bond acceptors (Lipinski definition) is 2. The Hall–Kier alpha value is -1.02. The quantitative estimate of drug-likeness (QED) is 0.862. The van der Waals surface area contributed by atoms with E-state index in [1.807, 2.05) is 0 Å². The number of hydrogen-bond donors (Lipinski definition) is 1. The number of nitrogens with zero attached hydrogens (tertiary/aromatic N) is 1. The Balaban J connectivity index is 2.10. The summed E-state index contributed by atoms with van der Waals surface area (Å²) >= 11 is 0. The van der Waals surface area contributed by atoms with E-state index in [1.54, 1.807) is 0 Å². The molecule has 1 saturated heterocycles. The smallest absolute Gasteiger partial charge is 0.0372 e. The van der Waals surface area contributed by atoms with Crippen LogP contribution in [0.2, 0.25) is 0 Å². The van der Waals surface area contributed by atoms with E-state index in [2.05, 4.69) is 49.2 Å². The molecule has 1 heterocycles. The highest BCUT2D eigenvalue weighted by Gasteiger charge is 2.18. The molecule has 94 valence electrons. The SMILES string of the molecule is CCCC1CN(c2cc(C)cc(C)c2)CCN1. The van der Waals surface area contributed by atoms with Gasteiger partial charge in [0.25, 0.3) is 0 Å². The van der Waals surface area contributed by atoms with Crippen molar-refractivity contribution in [3.05, 3.63) is 29.3 Å². The number of piperazine rings is 1. The van der Waals surface area contributed by atoms with Crippen LogP contribution in [0.15, 0.2) is 18.2 Å². The lowest BCUT2D eigenvalue weighted by Crippen LogP contribution is -2.50. The van der Waals surface area contributed by atoms with Crippen molar-refractivity contribution in [1.82, 2.24) is 5.32 Å². The van der Waals surface area contributed by atoms with Crippen molar-refractivity contribution in [1.29, 1.82) is 0 Å². The first-order chi connectivity index (χ1) is 8.19. The first kappa shape index (κ1) is 12.4. The molecule has 1 N–H and O–H groups in total. The zero-order chi connectivity index (χ0) is 12.3. The summed E-state index contributed by atoms with van der Waals surface area (Å²) in [7, 11) is 0. The van der Waals surface area contributed by atoms with Gasteiger partial charge in [-0.25, -0.2) is 0 Å². The Bertz CT molecular complexity index is 351. The van der Waals surface area contributed by atoms with Crippen LogP contribution in [-0.4, -0.2) is 25.7 Å². The lowest BCUT2D eigenvalue weighted by molar-refractivity contribution is 0.431. The molecule has 0 spiro atoms. The topological polar surface area (TPSA) is 15.3 Å². The molecule has 1 unspecified atom stereocenters. The molecule has 1 aliphatic rings. The maximum Gasteiger partial charge on any atom is 0.0372 e. The lowest BCUT2D eigenvalue weighted by atomic mass is 10.1. The van der Waals surface area contributed by atoms with Gasteiger partial charge in [0.1, 0.15) is 0 Å². The van der Waals surface area contributed by atoms with E-state index in [9.17, 15) is 0 Å². The van der Waals surface area contributed by atoms with Crippen LogP contribution in [0.3, 0.4) is 0 Å². The molecule has 1 fully saturated rings. The third-order valence-corrected chi connectivity index (χ3v) is 3.46. The van der Waals surface area contributed by atoms with Crippen molar-refractivity contribution >= 4 is 5.69 Å². The fourth-order valence-corrected chi connectivity index (χ4v) is 2.74. The van der Waals surface area contributed by atoms with Crippen LogP contribution in [0.4, 0.5) is 5.69 Å². The molecule has 2 rings (SSSR count). The van der Waals surface area contributed by atoms with Gasteiger partial charge in [-0.2, -0.15) is 0 Å². The van der Waals surface area contributed by atoms with Gasteiger partial charge in [0.15, 0.2) is 0 Å². The van der Waals surface area contributed by atoms with Crippen molar-refractivity contribution < 1.29 is 0 Å². The Morgan fingerprint density at radius 2 is 1.94 bits per heavy atom. The number of aryl methyl sites for hydroxylation is 2. The third-order valence-electron chi connectivity index (χ3n) is 3.46. The van der Waals surface area contributed by atoms with Crippen LogP contribution in [0.25, 0.3) is 0 Å². The number of rotatable bonds is 3. The molecule has 1 aromatic rings. The second kappa shape index (κ2) is 5.54. The van der Waals surface area contributed by atoms with Crippen molar-refractivity contribution in [2.24, 2.45) is 0 Å². The van der Waals surface area contributed by atoms with Crippen molar-refractivity contribution in [3.8, 4) is 0 Å². The van der Waals surface area contributed by atoms with E-state index in [4.69, 9.17) is 0 Å². The van der Waals surface area contributed by atoms with Gasteiger partial charge in [0, 0.05) is 31.4 Å². The molecule has 0 aromatic heterocycles. The summed E-state index contributed by atoms with van der Waals surface area (Å²) in [5, 5.41) is 3.61. The normalized spacial score (nSPS) is 20.6. The van der Waals surface area contributed by atoms with E-state index in [0.717, 1.165) is 19.6 Å². The molecule has 0 radical (unpaired) electrons. The molecule has 17 heavy (non-hydrogen) atoms. The molecule has 0 saturated carbocycles. The summed E-state index contributed by atoms with van der Waals surface area (Å²) in [5.74, 6) is 0. The summed E-state index contributed by atoms with van der Waals surface area (Å²) in [6.07, 6.45) is 2.54. The standard InChI is InChI=1S/C15H24N2/c1-4-5-14-11-17(7-6-16-14)15-9-12(2)8-13(3)10-15/h8-10,14,16H,4-7,11H2,1-3H3. The van der Waals surface area contributed by atoms with Crippen LogP contribution in [-0.2, 0) is 0 Å². The molecule has 0 amide bonds. The Morgan fingerprint density at radius 3 is 2.59 bits per heavy atom. The third kappa shape index (κ3) is 3.22. The van der Waals surface area contributed by atoms with Gasteiger partial charge in [-0.05, 0) is 43.5 Å². The molecule has 2 heteroatoms. The Morgan fingerprint density at radius 1 is 1.24 bits per heavy atom. The first-order valence-corrected chi connectivity index (χ1v) is 6.75. The van der Waals surface area contributed by atoms with Gasteiger partial charge in [0.05, 0.1) is 0 Å². The van der Waals surface area contributed by atoms with Crippen LogP contribution < -0.4 is 10.2 Å². The molecular weight excluding hydrogens is 208 g/mol. The van der Waals surface area contributed by atoms with Crippen molar-refractivity contribution in [2.45, 2.75) is 39.7 Å². The number of nitrogens with one attached hydrogen (secondary N) is 1. The van der Waals surface area contributed by atoms with E-state index in [1.165, 1.54) is 29.7 Å². The molecule has 0 aliphatic carbocycles. The van der Waals surface area contributed by atoms with E-state index in [-0.39, 0.29) is 0 Å². The van der Waals surface area contributed by atoms with Gasteiger partial charge in [-0.3, -0.25) is 0 Å². The Labute approximate surface area is 105 Å². The molecule has 0 bridgehead atoms. The monoisotopic (exact) mass is 232 g/mol. The second-order valence-corrected chi connectivity index (χ2v) is 5.23. The molecule has 1 atom stereocenters. The van der Waals surface area contributed by atoms with E-state index < -0.39 is 0 Å². The highest BCUT2D eigenvalue weighted by Crippen LogP contribution is 2.20. The highest BCUT2D eigenvalue weighted by atomic mass is 15.2. The summed E-state index contributed by atoms with van der Waals surface area (Å²) in [4.78, 5) is 2.52. The maximum absolute atomic E-state index is 3.61. The van der Waals surface area contributed by atoms with Gasteiger partial charge >= 0.3 is 0 Å². The zero-order valence-corrected chi connectivity index (χ0v) is 11.3. The number of anilines is 1. The minimum absolute atomic E-state index is 0.662. The minimum Gasteiger partial charge on any atom is -0.369 e. The van der Waals surface area contributed by atoms with Crippen molar-refractivity contribution in [2.75, 3.05) is 24.5 Å². The van der Waals surface area contributed by atoms with Gasteiger partial charge < -0.3 is 10.2 Å². The zero-order valence-electron chi connectivity index (χ0n) is 11.3. The van der Waals surface area contributed by atoms with Crippen molar-refractivity contribution in [3.63, 3.8) is 0 Å². The number of benzene rings is 1. The highest BCUT2D eigenvalue weighted by molar-refractivity contribution is 5.51. The van der Waals surface area contributed by atoms with E-state index >= 15 is 0 Å². The minimum atomic E-state index is 0.662. The summed E-state index contributed by atoms with van der Waals surface area (Å²) in [6, 6.07) is 7.52. The molecule has 1 aromatic carbocycles. The van der Waals surface area contributed by atoms with Crippen LogP contribution in [0.1, 0.15) is 30.9 Å². The molecule has 2 nitrogen and oxygen atoms in total.